The van der Waals surface area contributed by atoms with Crippen molar-refractivity contribution in [1.82, 2.24) is 0 Å². The average Bonchev–Trinajstić information content (AvgIpc) is 2.38. The molecule has 0 aromatic carbocycles. The highest BCUT2D eigenvalue weighted by molar-refractivity contribution is 8.25. The molecular formula is C7H6F9O9S3-. The summed E-state index contributed by atoms with van der Waals surface area (Å²) in [5.74, 6) is 0. The van der Waals surface area contributed by atoms with E-state index in [1.807, 2.05) is 0 Å². The summed E-state index contributed by atoms with van der Waals surface area (Å²) < 4.78 is 182. The molecule has 0 saturated carbocycles. The van der Waals surface area contributed by atoms with Crippen molar-refractivity contribution in [3.63, 3.8) is 0 Å². The second-order valence-electron chi connectivity index (χ2n) is 4.24. The van der Waals surface area contributed by atoms with Crippen LogP contribution in [-0.2, 0) is 42.9 Å². The fourth-order valence-electron chi connectivity index (χ4n) is 0.953. The lowest BCUT2D eigenvalue weighted by molar-refractivity contribution is -0.152. The third kappa shape index (κ3) is 10.0. The van der Waals surface area contributed by atoms with E-state index in [0.717, 1.165) is 0 Å². The molecule has 21 heteroatoms. The molecule has 0 aliphatic rings. The van der Waals surface area contributed by atoms with Gasteiger partial charge in [-0.1, -0.05) is 0 Å². The predicted octanol–water partition coefficient (Wildman–Crippen LogP) is 1.16. The molecule has 0 spiro atoms. The van der Waals surface area contributed by atoms with E-state index in [1.54, 1.807) is 0 Å². The lowest BCUT2D eigenvalue weighted by Crippen LogP contribution is -2.37. The highest BCUT2D eigenvalue weighted by Gasteiger charge is 2.44. The minimum absolute atomic E-state index is 2.89. The summed E-state index contributed by atoms with van der Waals surface area (Å²) in [6.45, 7) is -8.66. The van der Waals surface area contributed by atoms with Gasteiger partial charge in [0.15, 0.2) is 50.2 Å². The first-order chi connectivity index (χ1) is 12.0. The van der Waals surface area contributed by atoms with Crippen molar-refractivity contribution in [2.75, 3.05) is 19.8 Å². The Balaban J connectivity index is 6.11. The van der Waals surface area contributed by atoms with E-state index < -0.39 is 72.6 Å². The number of hydrogen-bond donors (Lipinski definition) is 0. The molecule has 0 bridgehead atoms. The molecule has 0 fully saturated rings. The maximum absolute atomic E-state index is 12.0. The summed E-state index contributed by atoms with van der Waals surface area (Å²) in [5, 5.41) is 0. The maximum Gasteiger partial charge on any atom is 0.413 e. The molecule has 0 atom stereocenters. The third-order valence-electron chi connectivity index (χ3n) is 1.75. The third-order valence-corrected chi connectivity index (χ3v) is 7.93. The van der Waals surface area contributed by atoms with Crippen molar-refractivity contribution in [1.29, 1.82) is 0 Å². The van der Waals surface area contributed by atoms with Crippen molar-refractivity contribution in [2.45, 2.75) is 18.5 Å². The van der Waals surface area contributed by atoms with Crippen molar-refractivity contribution < 1.29 is 77.3 Å². The Morgan fingerprint density at radius 3 is 0.821 bits per heavy atom. The molecule has 0 aliphatic heterocycles. The van der Waals surface area contributed by atoms with Crippen LogP contribution in [0.4, 0.5) is 39.5 Å². The van der Waals surface area contributed by atoms with Crippen molar-refractivity contribution >= 4 is 30.4 Å². The van der Waals surface area contributed by atoms with Gasteiger partial charge >= 0.3 is 18.5 Å². The number of alkyl halides is 9. The Bertz CT molecular complexity index is 721. The van der Waals surface area contributed by atoms with Gasteiger partial charge in [0.1, 0.15) is 3.91 Å². The molecule has 0 aliphatic carbocycles. The highest BCUT2D eigenvalue weighted by atomic mass is 32.3. The Labute approximate surface area is 150 Å². The molecule has 0 heterocycles. The van der Waals surface area contributed by atoms with Crippen LogP contribution in [0.3, 0.4) is 0 Å². The zero-order chi connectivity index (χ0) is 22.8. The van der Waals surface area contributed by atoms with Crippen LogP contribution in [0.15, 0.2) is 0 Å². The van der Waals surface area contributed by atoms with Gasteiger partial charge in [0.25, 0.3) is 0 Å². The fraction of sp³-hybridized carbons (Fsp3) is 0.857. The van der Waals surface area contributed by atoms with E-state index in [4.69, 9.17) is 0 Å². The molecule has 0 N–H and O–H groups in total. The largest absolute Gasteiger partial charge is 0.413 e. The molecular weight excluding hydrogens is 495 g/mol. The van der Waals surface area contributed by atoms with Crippen LogP contribution in [0.25, 0.3) is 0 Å². The van der Waals surface area contributed by atoms with Crippen molar-refractivity contribution in [3.8, 4) is 0 Å². The van der Waals surface area contributed by atoms with Gasteiger partial charge in [0.05, 0.1) is 0 Å². The minimum Gasteiger partial charge on any atom is -0.283 e. The van der Waals surface area contributed by atoms with Crippen molar-refractivity contribution in [2.24, 2.45) is 0 Å². The summed E-state index contributed by atoms with van der Waals surface area (Å²) in [7, 11) is -20.0. The van der Waals surface area contributed by atoms with Gasteiger partial charge in [-0.05, 0) is 0 Å². The molecule has 0 unspecified atom stereocenters. The molecule has 0 amide bonds. The smallest absolute Gasteiger partial charge is 0.283 e. The van der Waals surface area contributed by atoms with Crippen molar-refractivity contribution in [3.05, 3.63) is 3.91 Å². The van der Waals surface area contributed by atoms with Gasteiger partial charge in [-0.15, -0.1) is 0 Å². The van der Waals surface area contributed by atoms with E-state index in [2.05, 4.69) is 12.5 Å². The van der Waals surface area contributed by atoms with Gasteiger partial charge in [-0.2, -0.15) is 39.5 Å². The van der Waals surface area contributed by atoms with Gasteiger partial charge in [0.2, 0.25) is 0 Å². The van der Waals surface area contributed by atoms with Crippen LogP contribution in [0.1, 0.15) is 0 Å². The Morgan fingerprint density at radius 2 is 0.679 bits per heavy atom. The van der Waals surface area contributed by atoms with E-state index >= 15 is 0 Å². The molecule has 28 heavy (non-hydrogen) atoms. The summed E-state index contributed by atoms with van der Waals surface area (Å²) in [6.07, 6.45) is -16.6. The summed E-state index contributed by atoms with van der Waals surface area (Å²) in [5.41, 5.74) is 0. The van der Waals surface area contributed by atoms with Crippen LogP contribution >= 0.6 is 0 Å². The summed E-state index contributed by atoms with van der Waals surface area (Å²) in [4.78, 5) is 0. The zero-order valence-electron chi connectivity index (χ0n) is 12.4. The quantitative estimate of drug-likeness (QED) is 0.260. The molecule has 0 aromatic rings. The monoisotopic (exact) mass is 501 g/mol. The van der Waals surface area contributed by atoms with Gasteiger partial charge in [-0.25, -0.2) is 25.3 Å². The first-order valence-corrected chi connectivity index (χ1v) is 9.96. The molecule has 0 saturated heterocycles. The standard InChI is InChI=1S/C7H6F9O9S3/c8-5(9,10)1-23-26(17,18)4(27(19,20)24-2-6(11,12)13)28(21,22)25-3-7(14,15)16/h1-3H2/q-1. The Hall–Kier alpha value is -0.900. The summed E-state index contributed by atoms with van der Waals surface area (Å²) in [6, 6.07) is 0. The summed E-state index contributed by atoms with van der Waals surface area (Å²) >= 11 is 0. The molecule has 9 nitrogen and oxygen atoms in total. The lowest BCUT2D eigenvalue weighted by atomic mass is 10.7. The molecule has 0 aromatic heterocycles. The van der Waals surface area contributed by atoms with Crippen LogP contribution in [0.5, 0.6) is 0 Å². The molecule has 0 radical (unpaired) electrons. The van der Waals surface area contributed by atoms with Crippen LogP contribution < -0.4 is 0 Å². The second-order valence-corrected chi connectivity index (χ2v) is 9.68. The highest BCUT2D eigenvalue weighted by Crippen LogP contribution is 2.33. The van der Waals surface area contributed by atoms with E-state index in [9.17, 15) is 64.8 Å². The SMILES string of the molecule is O=S(=O)(OCC(F)(F)F)[C-](S(=O)(=O)OCC(F)(F)F)S(=O)(=O)OCC(F)(F)F. The average molecular weight is 501 g/mol. The Kier molecular flexibility index (Phi) is 8.18. The lowest BCUT2D eigenvalue weighted by Gasteiger charge is -2.28. The zero-order valence-corrected chi connectivity index (χ0v) is 14.9. The number of halogens is 9. The van der Waals surface area contributed by atoms with Crippen LogP contribution in [0.2, 0.25) is 0 Å². The predicted molar refractivity (Wildman–Crippen MR) is 66.0 cm³/mol. The van der Waals surface area contributed by atoms with Crippen LogP contribution in [0, 0.1) is 3.91 Å². The van der Waals surface area contributed by atoms with Gasteiger partial charge in [0, 0.05) is 0 Å². The van der Waals surface area contributed by atoms with Crippen LogP contribution in [-0.4, -0.2) is 63.6 Å². The molecule has 170 valence electrons. The minimum atomic E-state index is -6.67. The number of rotatable bonds is 9. The van der Waals surface area contributed by atoms with Gasteiger partial charge < -0.3 is 0 Å². The maximum atomic E-state index is 12.0. The fourth-order valence-corrected chi connectivity index (χ4v) is 5.97. The van der Waals surface area contributed by atoms with E-state index in [1.165, 1.54) is 0 Å². The number of hydrogen-bond acceptors (Lipinski definition) is 9. The second kappa shape index (κ2) is 8.45. The Morgan fingerprint density at radius 1 is 0.500 bits per heavy atom. The van der Waals surface area contributed by atoms with Gasteiger partial charge in [-0.3, -0.25) is 12.5 Å². The first-order valence-electron chi connectivity index (χ1n) is 5.74. The normalized spacial score (nSPS) is 15.2. The van der Waals surface area contributed by atoms with E-state index in [0.29, 0.717) is 0 Å². The topological polar surface area (TPSA) is 130 Å². The first kappa shape index (κ1) is 27.1. The van der Waals surface area contributed by atoms with E-state index in [-0.39, 0.29) is 0 Å². The molecule has 0 rings (SSSR count).